The zero-order valence-electron chi connectivity index (χ0n) is 8.87. The highest BCUT2D eigenvalue weighted by Gasteiger charge is 2.21. The maximum absolute atomic E-state index is 12.7. The van der Waals surface area contributed by atoms with E-state index in [1.165, 1.54) is 12.1 Å². The van der Waals surface area contributed by atoms with Crippen molar-refractivity contribution in [3.63, 3.8) is 0 Å². The van der Waals surface area contributed by atoms with Crippen LogP contribution >= 0.6 is 0 Å². The maximum Gasteiger partial charge on any atom is 0.123 e. The topological polar surface area (TPSA) is 21.3 Å². The van der Waals surface area contributed by atoms with Gasteiger partial charge in [-0.1, -0.05) is 19.1 Å². The van der Waals surface area contributed by atoms with Crippen LogP contribution in [-0.4, -0.2) is 25.8 Å². The van der Waals surface area contributed by atoms with Crippen LogP contribution in [0, 0.1) is 5.82 Å². The third-order valence-electron chi connectivity index (χ3n) is 2.91. The van der Waals surface area contributed by atoms with Gasteiger partial charge < -0.3 is 10.1 Å². The van der Waals surface area contributed by atoms with E-state index < -0.39 is 0 Å². The van der Waals surface area contributed by atoms with Crippen LogP contribution in [0.25, 0.3) is 0 Å². The minimum Gasteiger partial charge on any atom is -0.375 e. The fourth-order valence-electron chi connectivity index (χ4n) is 1.89. The first-order valence-corrected chi connectivity index (χ1v) is 5.35. The first-order valence-electron chi connectivity index (χ1n) is 5.35. The van der Waals surface area contributed by atoms with Crippen LogP contribution in [0.5, 0.6) is 0 Å². The highest BCUT2D eigenvalue weighted by molar-refractivity contribution is 5.21. The van der Waals surface area contributed by atoms with Crippen LogP contribution in [0.15, 0.2) is 24.3 Å². The highest BCUT2D eigenvalue weighted by Crippen LogP contribution is 2.22. The van der Waals surface area contributed by atoms with Crippen LogP contribution in [0.4, 0.5) is 4.39 Å². The van der Waals surface area contributed by atoms with Crippen molar-refractivity contribution in [2.45, 2.75) is 18.9 Å². The standard InChI is InChI=1S/C12H16FNO/c1-9(12-8-14-6-7-15-12)10-2-4-11(13)5-3-10/h2-5,9,12,14H,6-8H2,1H3. The summed E-state index contributed by atoms with van der Waals surface area (Å²) in [5.74, 6) is 0.118. The molecular formula is C12H16FNO. The lowest BCUT2D eigenvalue weighted by atomic mass is 9.94. The molecule has 1 saturated heterocycles. The Morgan fingerprint density at radius 1 is 1.40 bits per heavy atom. The summed E-state index contributed by atoms with van der Waals surface area (Å²) in [5.41, 5.74) is 1.13. The van der Waals surface area contributed by atoms with Gasteiger partial charge in [0.25, 0.3) is 0 Å². The number of hydrogen-bond acceptors (Lipinski definition) is 2. The SMILES string of the molecule is CC(c1ccc(F)cc1)C1CNCCO1. The fourth-order valence-corrected chi connectivity index (χ4v) is 1.89. The second-order valence-electron chi connectivity index (χ2n) is 3.95. The number of nitrogens with one attached hydrogen (secondary N) is 1. The number of morpholine rings is 1. The molecule has 0 spiro atoms. The van der Waals surface area contributed by atoms with E-state index in [2.05, 4.69) is 12.2 Å². The van der Waals surface area contributed by atoms with Crippen LogP contribution in [0.2, 0.25) is 0 Å². The molecule has 15 heavy (non-hydrogen) atoms. The Labute approximate surface area is 89.4 Å². The number of rotatable bonds is 2. The summed E-state index contributed by atoms with van der Waals surface area (Å²) in [7, 11) is 0. The van der Waals surface area contributed by atoms with Crippen LogP contribution in [0.1, 0.15) is 18.4 Å². The molecule has 1 heterocycles. The second kappa shape index (κ2) is 4.73. The Morgan fingerprint density at radius 3 is 2.73 bits per heavy atom. The van der Waals surface area contributed by atoms with Gasteiger partial charge >= 0.3 is 0 Å². The quantitative estimate of drug-likeness (QED) is 0.803. The molecule has 0 bridgehead atoms. The highest BCUT2D eigenvalue weighted by atomic mass is 19.1. The molecule has 0 aromatic heterocycles. The van der Waals surface area contributed by atoms with E-state index in [9.17, 15) is 4.39 Å². The van der Waals surface area contributed by atoms with E-state index in [0.29, 0.717) is 5.92 Å². The predicted octanol–water partition coefficient (Wildman–Crippen LogP) is 1.92. The van der Waals surface area contributed by atoms with Crippen molar-refractivity contribution in [1.82, 2.24) is 5.32 Å². The van der Waals surface area contributed by atoms with Gasteiger partial charge in [-0.25, -0.2) is 4.39 Å². The smallest absolute Gasteiger partial charge is 0.123 e. The van der Waals surface area contributed by atoms with Crippen LogP contribution in [0.3, 0.4) is 0 Å². The normalized spacial score (nSPS) is 23.7. The molecule has 2 rings (SSSR count). The number of benzene rings is 1. The molecule has 2 nitrogen and oxygen atoms in total. The Balaban J connectivity index is 2.05. The largest absolute Gasteiger partial charge is 0.375 e. The Bertz CT molecular complexity index is 306. The van der Waals surface area contributed by atoms with Crippen molar-refractivity contribution in [1.29, 1.82) is 0 Å². The van der Waals surface area contributed by atoms with Gasteiger partial charge in [0.2, 0.25) is 0 Å². The lowest BCUT2D eigenvalue weighted by Crippen LogP contribution is -2.41. The molecule has 1 fully saturated rings. The molecule has 1 aliphatic heterocycles. The molecule has 1 aromatic carbocycles. The molecule has 2 unspecified atom stereocenters. The van der Waals surface area contributed by atoms with Gasteiger partial charge in [0.05, 0.1) is 12.7 Å². The second-order valence-corrected chi connectivity index (χ2v) is 3.95. The van der Waals surface area contributed by atoms with Crippen molar-refractivity contribution in [3.05, 3.63) is 35.6 Å². The average molecular weight is 209 g/mol. The van der Waals surface area contributed by atoms with Crippen molar-refractivity contribution in [2.75, 3.05) is 19.7 Å². The summed E-state index contributed by atoms with van der Waals surface area (Å²) < 4.78 is 18.4. The summed E-state index contributed by atoms with van der Waals surface area (Å²) >= 11 is 0. The number of ether oxygens (including phenoxy) is 1. The Kier molecular flexibility index (Phi) is 3.34. The van der Waals surface area contributed by atoms with Crippen molar-refractivity contribution < 1.29 is 9.13 Å². The van der Waals surface area contributed by atoms with Gasteiger partial charge in [-0.3, -0.25) is 0 Å². The third-order valence-corrected chi connectivity index (χ3v) is 2.91. The molecule has 3 heteroatoms. The molecule has 0 amide bonds. The number of hydrogen-bond donors (Lipinski definition) is 1. The third kappa shape index (κ3) is 2.55. The fraction of sp³-hybridized carbons (Fsp3) is 0.500. The minimum atomic E-state index is -0.186. The van der Waals surface area contributed by atoms with Gasteiger partial charge in [-0.2, -0.15) is 0 Å². The van der Waals surface area contributed by atoms with E-state index >= 15 is 0 Å². The summed E-state index contributed by atoms with van der Waals surface area (Å²) in [6.07, 6.45) is 0.198. The zero-order valence-corrected chi connectivity index (χ0v) is 8.87. The molecule has 0 saturated carbocycles. The van der Waals surface area contributed by atoms with Gasteiger partial charge in [0.15, 0.2) is 0 Å². The summed E-state index contributed by atoms with van der Waals surface area (Å²) in [6.45, 7) is 4.67. The molecule has 1 aliphatic rings. The predicted molar refractivity (Wildman–Crippen MR) is 57.4 cm³/mol. The van der Waals surface area contributed by atoms with Gasteiger partial charge in [-0.15, -0.1) is 0 Å². The lowest BCUT2D eigenvalue weighted by Gasteiger charge is -2.29. The lowest BCUT2D eigenvalue weighted by molar-refractivity contribution is 0.0146. The minimum absolute atomic E-state index is 0.186. The monoisotopic (exact) mass is 209 g/mol. The maximum atomic E-state index is 12.7. The van der Waals surface area contributed by atoms with E-state index in [4.69, 9.17) is 4.74 Å². The van der Waals surface area contributed by atoms with Crippen LogP contribution < -0.4 is 5.32 Å². The van der Waals surface area contributed by atoms with Gasteiger partial charge in [0, 0.05) is 19.0 Å². The zero-order chi connectivity index (χ0) is 10.7. The summed E-state index contributed by atoms with van der Waals surface area (Å²) in [5, 5.41) is 3.30. The number of halogens is 1. The molecule has 0 radical (unpaired) electrons. The van der Waals surface area contributed by atoms with Gasteiger partial charge in [-0.05, 0) is 17.7 Å². The van der Waals surface area contributed by atoms with E-state index in [1.807, 2.05) is 12.1 Å². The van der Waals surface area contributed by atoms with E-state index in [0.717, 1.165) is 25.3 Å². The molecule has 2 atom stereocenters. The summed E-state index contributed by atoms with van der Waals surface area (Å²) in [4.78, 5) is 0. The first-order chi connectivity index (χ1) is 7.27. The van der Waals surface area contributed by atoms with Crippen molar-refractivity contribution >= 4 is 0 Å². The molecule has 1 N–H and O–H groups in total. The van der Waals surface area contributed by atoms with Crippen molar-refractivity contribution in [2.24, 2.45) is 0 Å². The Hall–Kier alpha value is -0.930. The molecule has 0 aliphatic carbocycles. The van der Waals surface area contributed by atoms with Gasteiger partial charge in [0.1, 0.15) is 5.82 Å². The van der Waals surface area contributed by atoms with Crippen molar-refractivity contribution in [3.8, 4) is 0 Å². The van der Waals surface area contributed by atoms with E-state index in [-0.39, 0.29) is 11.9 Å². The average Bonchev–Trinajstić information content (AvgIpc) is 2.30. The van der Waals surface area contributed by atoms with Crippen LogP contribution in [-0.2, 0) is 4.74 Å². The van der Waals surface area contributed by atoms with E-state index in [1.54, 1.807) is 0 Å². The summed E-state index contributed by atoms with van der Waals surface area (Å²) in [6, 6.07) is 6.67. The Morgan fingerprint density at radius 2 is 2.13 bits per heavy atom. The molecule has 1 aromatic rings. The molecule has 82 valence electrons. The first kappa shape index (κ1) is 10.6. The molecular weight excluding hydrogens is 193 g/mol.